The van der Waals surface area contributed by atoms with Gasteiger partial charge in [0, 0.05) is 44.9 Å². The lowest BCUT2D eigenvalue weighted by molar-refractivity contribution is -0.120. The molecular weight excluding hydrogens is 402 g/mol. The molecule has 5 nitrogen and oxygen atoms in total. The quantitative estimate of drug-likeness (QED) is 0.538. The number of furan rings is 1. The molecule has 0 radical (unpaired) electrons. The molecule has 0 bridgehead atoms. The second kappa shape index (κ2) is 9.85. The van der Waals surface area contributed by atoms with Gasteiger partial charge in [-0.25, -0.2) is 8.78 Å². The molecule has 31 heavy (non-hydrogen) atoms. The number of hydrogen-bond donors (Lipinski definition) is 0. The van der Waals surface area contributed by atoms with Crippen LogP contribution in [0.4, 0.5) is 8.78 Å². The summed E-state index contributed by atoms with van der Waals surface area (Å²) in [5.74, 6) is -1.09. The second-order valence-electron chi connectivity index (χ2n) is 7.65. The van der Waals surface area contributed by atoms with E-state index >= 15 is 0 Å². The van der Waals surface area contributed by atoms with Gasteiger partial charge in [-0.3, -0.25) is 14.6 Å². The van der Waals surface area contributed by atoms with Crippen molar-refractivity contribution < 1.29 is 22.7 Å². The van der Waals surface area contributed by atoms with Crippen LogP contribution in [0.1, 0.15) is 11.3 Å². The predicted octanol–water partition coefficient (Wildman–Crippen LogP) is 4.28. The molecule has 2 aromatic carbocycles. The maximum atomic E-state index is 13.7. The van der Waals surface area contributed by atoms with E-state index in [1.54, 1.807) is 6.07 Å². The Balaban J connectivity index is 1.22. The first kappa shape index (κ1) is 21.2. The number of piperazine rings is 1. The van der Waals surface area contributed by atoms with Gasteiger partial charge < -0.3 is 9.15 Å². The molecule has 1 aliphatic rings. The predicted molar refractivity (Wildman–Crippen MR) is 112 cm³/mol. The monoisotopic (exact) mass is 426 g/mol. The molecule has 1 aromatic heterocycles. The summed E-state index contributed by atoms with van der Waals surface area (Å²) in [6, 6.07) is 16.5. The zero-order valence-corrected chi connectivity index (χ0v) is 17.1. The van der Waals surface area contributed by atoms with E-state index in [0.29, 0.717) is 12.3 Å². The number of ether oxygens (including phenoxy) is 1. The van der Waals surface area contributed by atoms with E-state index in [1.165, 1.54) is 17.7 Å². The van der Waals surface area contributed by atoms with Gasteiger partial charge in [-0.2, -0.15) is 0 Å². The minimum atomic E-state index is -0.819. The van der Waals surface area contributed by atoms with Crippen LogP contribution >= 0.6 is 0 Å². The highest BCUT2D eigenvalue weighted by Crippen LogP contribution is 2.27. The summed E-state index contributed by atoms with van der Waals surface area (Å²) >= 11 is 0. The molecule has 0 unspecified atom stereocenters. The van der Waals surface area contributed by atoms with Crippen LogP contribution < -0.4 is 4.74 Å². The Kier molecular flexibility index (Phi) is 6.74. The Labute approximate surface area is 179 Å². The van der Waals surface area contributed by atoms with Crippen LogP contribution in [0.25, 0.3) is 0 Å². The lowest BCUT2D eigenvalue weighted by Crippen LogP contribution is -2.47. The summed E-state index contributed by atoms with van der Waals surface area (Å²) in [6.07, 6.45) is 0.138. The number of carbonyl (C=O) groups excluding carboxylic acids is 1. The van der Waals surface area contributed by atoms with Crippen LogP contribution in [0.15, 0.2) is 65.1 Å². The van der Waals surface area contributed by atoms with Gasteiger partial charge in [0.25, 0.3) is 5.95 Å². The molecule has 1 saturated heterocycles. The van der Waals surface area contributed by atoms with E-state index in [4.69, 9.17) is 9.15 Å². The molecule has 4 rings (SSSR count). The summed E-state index contributed by atoms with van der Waals surface area (Å²) in [5.41, 5.74) is 1.29. The maximum absolute atomic E-state index is 13.7. The van der Waals surface area contributed by atoms with Gasteiger partial charge in [-0.15, -0.1) is 0 Å². The summed E-state index contributed by atoms with van der Waals surface area (Å²) in [7, 11) is 0. The van der Waals surface area contributed by atoms with Crippen LogP contribution in [-0.4, -0.2) is 48.3 Å². The van der Waals surface area contributed by atoms with Crippen molar-refractivity contribution in [3.05, 3.63) is 83.6 Å². The fraction of sp³-hybridized carbons (Fsp3) is 0.292. The lowest BCUT2D eigenvalue weighted by Gasteiger charge is -2.34. The first-order chi connectivity index (χ1) is 15.0. The molecule has 2 heterocycles. The molecule has 162 valence electrons. The van der Waals surface area contributed by atoms with Crippen LogP contribution in [-0.2, 0) is 17.8 Å². The average Bonchev–Trinajstić information content (AvgIpc) is 3.19. The summed E-state index contributed by atoms with van der Waals surface area (Å²) < 4.78 is 37.5. The van der Waals surface area contributed by atoms with E-state index in [-0.39, 0.29) is 23.9 Å². The molecule has 0 amide bonds. The summed E-state index contributed by atoms with van der Waals surface area (Å²) in [4.78, 5) is 17.0. The number of halogens is 2. The maximum Gasteiger partial charge on any atom is 0.290 e. The molecule has 0 atom stereocenters. The molecule has 7 heteroatoms. The molecule has 0 spiro atoms. The smallest absolute Gasteiger partial charge is 0.290 e. The van der Waals surface area contributed by atoms with Crippen LogP contribution in [0.5, 0.6) is 11.7 Å². The Morgan fingerprint density at radius 3 is 2.42 bits per heavy atom. The second-order valence-corrected chi connectivity index (χ2v) is 7.65. The summed E-state index contributed by atoms with van der Waals surface area (Å²) in [6.45, 7) is 4.81. The first-order valence-electron chi connectivity index (χ1n) is 10.3. The Bertz CT molecular complexity index is 1010. The summed E-state index contributed by atoms with van der Waals surface area (Å²) in [5, 5.41) is 0. The van der Waals surface area contributed by atoms with Gasteiger partial charge in [0.1, 0.15) is 11.6 Å². The third kappa shape index (κ3) is 5.99. The molecule has 3 aromatic rings. The van der Waals surface area contributed by atoms with Gasteiger partial charge in [-0.1, -0.05) is 30.3 Å². The van der Waals surface area contributed by atoms with E-state index in [0.717, 1.165) is 44.9 Å². The Morgan fingerprint density at radius 2 is 1.68 bits per heavy atom. The number of hydrogen-bond acceptors (Lipinski definition) is 5. The molecule has 0 saturated carbocycles. The molecule has 0 N–H and O–H groups in total. The number of benzene rings is 2. The van der Waals surface area contributed by atoms with E-state index in [1.807, 2.05) is 18.2 Å². The normalized spacial score (nSPS) is 15.2. The number of Topliss-reactive ketones (excluding diaryl/α,β-unsaturated/α-hetero) is 1. The van der Waals surface area contributed by atoms with Gasteiger partial charge in [0.15, 0.2) is 17.3 Å². The third-order valence-corrected chi connectivity index (χ3v) is 5.23. The van der Waals surface area contributed by atoms with Crippen molar-refractivity contribution in [1.82, 2.24) is 9.80 Å². The van der Waals surface area contributed by atoms with Crippen molar-refractivity contribution in [3.8, 4) is 11.7 Å². The van der Waals surface area contributed by atoms with Gasteiger partial charge in [-0.05, 0) is 23.8 Å². The Morgan fingerprint density at radius 1 is 0.935 bits per heavy atom. The zero-order valence-electron chi connectivity index (χ0n) is 17.1. The van der Waals surface area contributed by atoms with Crippen molar-refractivity contribution in [1.29, 1.82) is 0 Å². The first-order valence-corrected chi connectivity index (χ1v) is 10.3. The standard InChI is InChI=1S/C24H24F2N2O3/c25-19-6-8-23(22(26)14-19)31-24-9-7-21(30-24)15-20(29)17-28-12-10-27(11-13-28)16-18-4-2-1-3-5-18/h1-9,14H,10-13,15-17H2. The number of rotatable bonds is 8. The van der Waals surface area contributed by atoms with Gasteiger partial charge in [0.05, 0.1) is 13.0 Å². The van der Waals surface area contributed by atoms with E-state index < -0.39 is 11.6 Å². The molecule has 1 aliphatic heterocycles. The number of carbonyl (C=O) groups is 1. The number of nitrogens with zero attached hydrogens (tertiary/aromatic N) is 2. The molecule has 1 fully saturated rings. The van der Waals surface area contributed by atoms with Crippen molar-refractivity contribution in [2.24, 2.45) is 0 Å². The van der Waals surface area contributed by atoms with E-state index in [9.17, 15) is 13.6 Å². The van der Waals surface area contributed by atoms with Crippen molar-refractivity contribution in [2.75, 3.05) is 32.7 Å². The van der Waals surface area contributed by atoms with Crippen molar-refractivity contribution in [3.63, 3.8) is 0 Å². The van der Waals surface area contributed by atoms with Gasteiger partial charge >= 0.3 is 0 Å². The minimum Gasteiger partial charge on any atom is -0.430 e. The van der Waals surface area contributed by atoms with Crippen molar-refractivity contribution in [2.45, 2.75) is 13.0 Å². The van der Waals surface area contributed by atoms with Crippen LogP contribution in [0.2, 0.25) is 0 Å². The third-order valence-electron chi connectivity index (χ3n) is 5.23. The lowest BCUT2D eigenvalue weighted by atomic mass is 10.2. The van der Waals surface area contributed by atoms with Gasteiger partial charge in [0.2, 0.25) is 0 Å². The molecular formula is C24H24F2N2O3. The van der Waals surface area contributed by atoms with Crippen molar-refractivity contribution >= 4 is 5.78 Å². The SMILES string of the molecule is O=C(Cc1ccc(Oc2ccc(F)cc2F)o1)CN1CCN(Cc2ccccc2)CC1. The topological polar surface area (TPSA) is 45.9 Å². The average molecular weight is 426 g/mol. The van der Waals surface area contributed by atoms with Crippen LogP contribution in [0, 0.1) is 11.6 Å². The largest absolute Gasteiger partial charge is 0.430 e. The zero-order chi connectivity index (χ0) is 21.6. The van der Waals surface area contributed by atoms with E-state index in [2.05, 4.69) is 21.9 Å². The highest BCUT2D eigenvalue weighted by atomic mass is 19.1. The molecule has 0 aliphatic carbocycles. The fourth-order valence-electron chi connectivity index (χ4n) is 3.62. The highest BCUT2D eigenvalue weighted by Gasteiger charge is 2.20. The number of ketones is 1. The fourth-order valence-corrected chi connectivity index (χ4v) is 3.62. The minimum absolute atomic E-state index is 0.0466. The Hall–Kier alpha value is -3.03. The highest BCUT2D eigenvalue weighted by molar-refractivity contribution is 5.82. The van der Waals surface area contributed by atoms with Crippen LogP contribution in [0.3, 0.4) is 0 Å².